The quantitative estimate of drug-likeness (QED) is 0.352. The standard InChI is InChI=1S/C5H11Br.C5H11I/c2*1-2-3-4-5-6/h2*2-5H2,1H3. The molecule has 0 heterocycles. The van der Waals surface area contributed by atoms with Crippen LogP contribution in [0.1, 0.15) is 52.4 Å². The van der Waals surface area contributed by atoms with Gasteiger partial charge in [-0.15, -0.1) is 0 Å². The highest BCUT2D eigenvalue weighted by atomic mass is 127. The van der Waals surface area contributed by atoms with Crippen molar-refractivity contribution >= 4 is 38.5 Å². The van der Waals surface area contributed by atoms with E-state index in [-0.39, 0.29) is 0 Å². The normalized spacial score (nSPS) is 9.00. The van der Waals surface area contributed by atoms with Crippen molar-refractivity contribution in [2.24, 2.45) is 0 Å². The average Bonchev–Trinajstić information content (AvgIpc) is 2.12. The summed E-state index contributed by atoms with van der Waals surface area (Å²) < 4.78 is 1.32. The summed E-state index contributed by atoms with van der Waals surface area (Å²) in [5.41, 5.74) is 0. The van der Waals surface area contributed by atoms with Gasteiger partial charge in [0.1, 0.15) is 0 Å². The first-order chi connectivity index (χ1) is 5.83. The first-order valence-electron chi connectivity index (χ1n) is 4.95. The molecule has 0 unspecified atom stereocenters. The number of halogens is 2. The fraction of sp³-hybridized carbons (Fsp3) is 1.00. The summed E-state index contributed by atoms with van der Waals surface area (Å²) in [5, 5.41) is 1.17. The molecule has 0 aromatic rings. The van der Waals surface area contributed by atoms with Crippen LogP contribution >= 0.6 is 38.5 Å². The topological polar surface area (TPSA) is 0 Å². The highest BCUT2D eigenvalue weighted by Crippen LogP contribution is 1.96. The molecular weight excluding hydrogens is 327 g/mol. The van der Waals surface area contributed by atoms with Gasteiger partial charge in [-0.25, -0.2) is 0 Å². The molecule has 0 aliphatic carbocycles. The maximum Gasteiger partial charge on any atom is 0.00313 e. The van der Waals surface area contributed by atoms with Crippen LogP contribution in [0.15, 0.2) is 0 Å². The van der Waals surface area contributed by atoms with Crippen molar-refractivity contribution in [1.29, 1.82) is 0 Å². The van der Waals surface area contributed by atoms with Crippen LogP contribution in [0, 0.1) is 0 Å². The van der Waals surface area contributed by atoms with E-state index in [9.17, 15) is 0 Å². The van der Waals surface area contributed by atoms with Crippen molar-refractivity contribution in [1.82, 2.24) is 0 Å². The van der Waals surface area contributed by atoms with Gasteiger partial charge in [0.25, 0.3) is 0 Å². The Morgan fingerprint density at radius 1 is 0.917 bits per heavy atom. The van der Waals surface area contributed by atoms with Crippen LogP contribution in [-0.4, -0.2) is 9.76 Å². The van der Waals surface area contributed by atoms with E-state index in [1.165, 1.54) is 48.3 Å². The molecule has 76 valence electrons. The van der Waals surface area contributed by atoms with Gasteiger partial charge in [0.05, 0.1) is 0 Å². The van der Waals surface area contributed by atoms with Crippen LogP contribution in [0.25, 0.3) is 0 Å². The molecule has 12 heavy (non-hydrogen) atoms. The molecule has 0 fully saturated rings. The fourth-order valence-corrected chi connectivity index (χ4v) is 1.62. The fourth-order valence-electron chi connectivity index (χ4n) is 0.689. The zero-order chi connectivity index (χ0) is 9.66. The summed E-state index contributed by atoms with van der Waals surface area (Å²) in [4.78, 5) is 0. The lowest BCUT2D eigenvalue weighted by atomic mass is 10.3. The Balaban J connectivity index is 0. The zero-order valence-corrected chi connectivity index (χ0v) is 12.2. The molecule has 0 spiro atoms. The minimum atomic E-state index is 1.17. The SMILES string of the molecule is CCCCCBr.CCCCCI. The second kappa shape index (κ2) is 18.1. The molecule has 0 saturated carbocycles. The molecule has 0 aliphatic rings. The van der Waals surface area contributed by atoms with Crippen molar-refractivity contribution in [2.45, 2.75) is 52.4 Å². The lowest BCUT2D eigenvalue weighted by molar-refractivity contribution is 0.781. The molecule has 0 amide bonds. The molecule has 0 radical (unpaired) electrons. The molecule has 0 saturated heterocycles. The van der Waals surface area contributed by atoms with E-state index in [4.69, 9.17) is 0 Å². The molecule has 0 nitrogen and oxygen atoms in total. The third-order valence-electron chi connectivity index (χ3n) is 1.47. The van der Waals surface area contributed by atoms with Gasteiger partial charge in [0, 0.05) is 5.33 Å². The van der Waals surface area contributed by atoms with E-state index in [1.54, 1.807) is 0 Å². The lowest BCUT2D eigenvalue weighted by Crippen LogP contribution is -1.70. The smallest absolute Gasteiger partial charge is 0.00313 e. The number of unbranched alkanes of at least 4 members (excludes halogenated alkanes) is 4. The van der Waals surface area contributed by atoms with Crippen molar-refractivity contribution < 1.29 is 0 Å². The summed E-state index contributed by atoms with van der Waals surface area (Å²) in [6.45, 7) is 4.44. The van der Waals surface area contributed by atoms with E-state index in [1.807, 2.05) is 0 Å². The van der Waals surface area contributed by atoms with Crippen molar-refractivity contribution in [2.75, 3.05) is 9.76 Å². The third-order valence-corrected chi connectivity index (χ3v) is 2.80. The Labute approximate surface area is 100 Å². The van der Waals surface area contributed by atoms with E-state index in [0.29, 0.717) is 0 Å². The van der Waals surface area contributed by atoms with Gasteiger partial charge in [-0.1, -0.05) is 78.1 Å². The first kappa shape index (κ1) is 15.7. The van der Waals surface area contributed by atoms with E-state index < -0.39 is 0 Å². The summed E-state index contributed by atoms with van der Waals surface area (Å²) >= 11 is 5.76. The van der Waals surface area contributed by atoms with Gasteiger partial charge >= 0.3 is 0 Å². The minimum Gasteiger partial charge on any atom is -0.0928 e. The van der Waals surface area contributed by atoms with E-state index in [2.05, 4.69) is 52.4 Å². The first-order valence-corrected chi connectivity index (χ1v) is 7.60. The zero-order valence-electron chi connectivity index (χ0n) is 8.41. The molecule has 0 N–H and O–H groups in total. The summed E-state index contributed by atoms with van der Waals surface area (Å²) in [5.74, 6) is 0. The predicted molar refractivity (Wildman–Crippen MR) is 71.7 cm³/mol. The van der Waals surface area contributed by atoms with Gasteiger partial charge in [0.2, 0.25) is 0 Å². The van der Waals surface area contributed by atoms with E-state index in [0.717, 1.165) is 0 Å². The van der Waals surface area contributed by atoms with Crippen LogP contribution in [-0.2, 0) is 0 Å². The maximum atomic E-state index is 3.35. The molecule has 0 aromatic heterocycles. The maximum absolute atomic E-state index is 3.35. The van der Waals surface area contributed by atoms with Crippen molar-refractivity contribution in [3.63, 3.8) is 0 Å². The molecule has 0 aromatic carbocycles. The van der Waals surface area contributed by atoms with Crippen LogP contribution in [0.2, 0.25) is 0 Å². The van der Waals surface area contributed by atoms with Crippen molar-refractivity contribution in [3.8, 4) is 0 Å². The van der Waals surface area contributed by atoms with Crippen LogP contribution in [0.5, 0.6) is 0 Å². The Morgan fingerprint density at radius 3 is 1.58 bits per heavy atom. The Kier molecular flexibility index (Phi) is 23.6. The molecular formula is C10H22BrI. The number of hydrogen-bond acceptors (Lipinski definition) is 0. The average molecular weight is 349 g/mol. The third kappa shape index (κ3) is 22.5. The molecule has 0 bridgehead atoms. The van der Waals surface area contributed by atoms with Crippen molar-refractivity contribution in [3.05, 3.63) is 0 Å². The molecule has 0 rings (SSSR count). The van der Waals surface area contributed by atoms with Gasteiger partial charge in [-0.3, -0.25) is 0 Å². The van der Waals surface area contributed by atoms with Crippen LogP contribution in [0.3, 0.4) is 0 Å². The van der Waals surface area contributed by atoms with Crippen LogP contribution in [0.4, 0.5) is 0 Å². The van der Waals surface area contributed by atoms with Gasteiger partial charge in [-0.2, -0.15) is 0 Å². The number of hydrogen-bond donors (Lipinski definition) is 0. The second-order valence-corrected chi connectivity index (χ2v) is 4.66. The number of alkyl halides is 2. The Bertz CT molecular complexity index is 41.8. The summed E-state index contributed by atoms with van der Waals surface area (Å²) in [7, 11) is 0. The monoisotopic (exact) mass is 348 g/mol. The Hall–Kier alpha value is 1.21. The highest BCUT2D eigenvalue weighted by molar-refractivity contribution is 14.1. The summed E-state index contributed by atoms with van der Waals surface area (Å²) in [6.07, 6.45) is 8.18. The second-order valence-electron chi connectivity index (χ2n) is 2.79. The molecule has 2 heteroatoms. The van der Waals surface area contributed by atoms with Gasteiger partial charge in [-0.05, 0) is 17.3 Å². The van der Waals surface area contributed by atoms with Crippen LogP contribution < -0.4 is 0 Å². The van der Waals surface area contributed by atoms with E-state index >= 15 is 0 Å². The summed E-state index contributed by atoms with van der Waals surface area (Å²) in [6, 6.07) is 0. The largest absolute Gasteiger partial charge is 0.0928 e. The minimum absolute atomic E-state index is 1.17. The molecule has 0 atom stereocenters. The molecule has 0 aliphatic heterocycles. The predicted octanol–water partition coefficient (Wildman–Crippen LogP) is 5.18. The highest BCUT2D eigenvalue weighted by Gasteiger charge is 1.77. The Morgan fingerprint density at radius 2 is 1.42 bits per heavy atom. The van der Waals surface area contributed by atoms with Gasteiger partial charge < -0.3 is 0 Å². The lowest BCUT2D eigenvalue weighted by Gasteiger charge is -1.85. The number of rotatable bonds is 6. The van der Waals surface area contributed by atoms with Gasteiger partial charge in [0.15, 0.2) is 0 Å².